The standard InChI is InChI=1S/C10H12ClF/c1-3-4-8-6-5-7(2)9(11)10(8)12/h5-6H,3-4H2,1-2H3. The van der Waals surface area contributed by atoms with E-state index in [0.717, 1.165) is 18.4 Å². The van der Waals surface area contributed by atoms with Gasteiger partial charge in [0.05, 0.1) is 5.02 Å². The maximum atomic E-state index is 13.3. The molecule has 1 rings (SSSR count). The molecule has 0 saturated heterocycles. The third kappa shape index (κ3) is 1.78. The Morgan fingerprint density at radius 2 is 2.08 bits per heavy atom. The molecular formula is C10H12ClF. The van der Waals surface area contributed by atoms with E-state index in [9.17, 15) is 4.39 Å². The highest BCUT2D eigenvalue weighted by atomic mass is 35.5. The molecule has 0 saturated carbocycles. The molecule has 12 heavy (non-hydrogen) atoms. The van der Waals surface area contributed by atoms with Crippen molar-refractivity contribution in [2.75, 3.05) is 0 Å². The molecule has 0 nitrogen and oxygen atoms in total. The molecule has 0 unspecified atom stereocenters. The first-order valence-corrected chi connectivity index (χ1v) is 4.48. The first kappa shape index (κ1) is 9.53. The number of halogens is 2. The van der Waals surface area contributed by atoms with Gasteiger partial charge in [0.25, 0.3) is 0 Å². The predicted octanol–water partition coefficient (Wildman–Crippen LogP) is 3.74. The Bertz CT molecular complexity index is 281. The van der Waals surface area contributed by atoms with Gasteiger partial charge in [0.2, 0.25) is 0 Å². The molecule has 0 amide bonds. The van der Waals surface area contributed by atoms with Crippen LogP contribution in [0.25, 0.3) is 0 Å². The van der Waals surface area contributed by atoms with E-state index < -0.39 is 0 Å². The average Bonchev–Trinajstić information content (AvgIpc) is 2.07. The number of aryl methyl sites for hydroxylation is 2. The number of hydrogen-bond acceptors (Lipinski definition) is 0. The summed E-state index contributed by atoms with van der Waals surface area (Å²) in [5.74, 6) is -0.251. The molecule has 1 aromatic carbocycles. The summed E-state index contributed by atoms with van der Waals surface area (Å²) in [6, 6.07) is 3.66. The second-order valence-corrected chi connectivity index (χ2v) is 3.30. The minimum atomic E-state index is -0.251. The third-order valence-electron chi connectivity index (χ3n) is 1.87. The van der Waals surface area contributed by atoms with Gasteiger partial charge in [0, 0.05) is 0 Å². The summed E-state index contributed by atoms with van der Waals surface area (Å²) in [5.41, 5.74) is 1.52. The zero-order valence-electron chi connectivity index (χ0n) is 7.32. The quantitative estimate of drug-likeness (QED) is 0.660. The van der Waals surface area contributed by atoms with Gasteiger partial charge in [0.1, 0.15) is 5.82 Å². The molecule has 0 aliphatic carbocycles. The molecule has 0 fully saturated rings. The Kier molecular flexibility index (Phi) is 3.10. The topological polar surface area (TPSA) is 0 Å². The molecule has 0 atom stereocenters. The van der Waals surface area contributed by atoms with Crippen molar-refractivity contribution in [1.29, 1.82) is 0 Å². The van der Waals surface area contributed by atoms with Crippen LogP contribution in [0.1, 0.15) is 24.5 Å². The van der Waals surface area contributed by atoms with Crippen LogP contribution in [0.2, 0.25) is 5.02 Å². The summed E-state index contributed by atoms with van der Waals surface area (Å²) >= 11 is 5.74. The zero-order valence-corrected chi connectivity index (χ0v) is 8.08. The van der Waals surface area contributed by atoms with Crippen LogP contribution >= 0.6 is 11.6 Å². The third-order valence-corrected chi connectivity index (χ3v) is 2.34. The summed E-state index contributed by atoms with van der Waals surface area (Å²) in [6.45, 7) is 3.83. The first-order chi connectivity index (χ1) is 5.66. The normalized spacial score (nSPS) is 10.3. The van der Waals surface area contributed by atoms with E-state index in [1.807, 2.05) is 13.0 Å². The van der Waals surface area contributed by atoms with Gasteiger partial charge in [-0.3, -0.25) is 0 Å². The molecular weight excluding hydrogens is 175 g/mol. The fourth-order valence-corrected chi connectivity index (χ4v) is 1.33. The largest absolute Gasteiger partial charge is 0.205 e. The van der Waals surface area contributed by atoms with E-state index in [0.29, 0.717) is 5.56 Å². The van der Waals surface area contributed by atoms with E-state index in [4.69, 9.17) is 11.6 Å². The van der Waals surface area contributed by atoms with Crippen LogP contribution in [0.4, 0.5) is 4.39 Å². The van der Waals surface area contributed by atoms with Crippen LogP contribution in [0.3, 0.4) is 0 Å². The molecule has 1 aromatic rings. The fraction of sp³-hybridized carbons (Fsp3) is 0.400. The van der Waals surface area contributed by atoms with Gasteiger partial charge in [-0.2, -0.15) is 0 Å². The number of benzene rings is 1. The molecule has 0 bridgehead atoms. The molecule has 0 aliphatic heterocycles. The van der Waals surface area contributed by atoms with E-state index in [1.54, 1.807) is 13.0 Å². The monoisotopic (exact) mass is 186 g/mol. The average molecular weight is 187 g/mol. The second kappa shape index (κ2) is 3.90. The van der Waals surface area contributed by atoms with Crippen molar-refractivity contribution in [3.05, 3.63) is 34.1 Å². The lowest BCUT2D eigenvalue weighted by atomic mass is 10.1. The number of hydrogen-bond donors (Lipinski definition) is 0. The van der Waals surface area contributed by atoms with E-state index >= 15 is 0 Å². The van der Waals surface area contributed by atoms with Crippen LogP contribution in [0, 0.1) is 12.7 Å². The van der Waals surface area contributed by atoms with Gasteiger partial charge in [-0.15, -0.1) is 0 Å². The highest BCUT2D eigenvalue weighted by Crippen LogP contribution is 2.23. The molecule has 0 N–H and O–H groups in total. The van der Waals surface area contributed by atoms with E-state index in [-0.39, 0.29) is 10.8 Å². The maximum Gasteiger partial charge on any atom is 0.145 e. The van der Waals surface area contributed by atoms with Crippen LogP contribution < -0.4 is 0 Å². The Morgan fingerprint density at radius 3 is 2.67 bits per heavy atom. The van der Waals surface area contributed by atoms with Gasteiger partial charge in [0.15, 0.2) is 0 Å². The number of rotatable bonds is 2. The molecule has 2 heteroatoms. The summed E-state index contributed by atoms with van der Waals surface area (Å²) in [4.78, 5) is 0. The van der Waals surface area contributed by atoms with Crippen LogP contribution in [0.5, 0.6) is 0 Å². The van der Waals surface area contributed by atoms with Crippen LogP contribution in [0.15, 0.2) is 12.1 Å². The Morgan fingerprint density at radius 1 is 1.42 bits per heavy atom. The Hall–Kier alpha value is -0.560. The second-order valence-electron chi connectivity index (χ2n) is 2.92. The van der Waals surface area contributed by atoms with Gasteiger partial charge in [-0.05, 0) is 24.5 Å². The van der Waals surface area contributed by atoms with E-state index in [2.05, 4.69) is 0 Å². The summed E-state index contributed by atoms with van der Waals surface area (Å²) in [7, 11) is 0. The minimum Gasteiger partial charge on any atom is -0.205 e. The van der Waals surface area contributed by atoms with Gasteiger partial charge in [-0.25, -0.2) is 4.39 Å². The van der Waals surface area contributed by atoms with Crippen molar-refractivity contribution < 1.29 is 4.39 Å². The smallest absolute Gasteiger partial charge is 0.145 e. The summed E-state index contributed by atoms with van der Waals surface area (Å²) < 4.78 is 13.3. The van der Waals surface area contributed by atoms with Crippen molar-refractivity contribution in [2.45, 2.75) is 26.7 Å². The molecule has 0 spiro atoms. The SMILES string of the molecule is CCCc1ccc(C)c(Cl)c1F. The maximum absolute atomic E-state index is 13.3. The molecule has 0 aromatic heterocycles. The highest BCUT2D eigenvalue weighted by Gasteiger charge is 2.07. The van der Waals surface area contributed by atoms with Crippen molar-refractivity contribution >= 4 is 11.6 Å². The minimum absolute atomic E-state index is 0.251. The molecule has 0 heterocycles. The van der Waals surface area contributed by atoms with Gasteiger partial charge in [-0.1, -0.05) is 37.1 Å². The van der Waals surface area contributed by atoms with E-state index in [1.165, 1.54) is 0 Å². The first-order valence-electron chi connectivity index (χ1n) is 4.10. The Balaban J connectivity index is 3.08. The molecule has 66 valence electrons. The lowest BCUT2D eigenvalue weighted by Gasteiger charge is -2.04. The van der Waals surface area contributed by atoms with Crippen LogP contribution in [-0.4, -0.2) is 0 Å². The molecule has 0 aliphatic rings. The van der Waals surface area contributed by atoms with Crippen LogP contribution in [-0.2, 0) is 6.42 Å². The lowest BCUT2D eigenvalue weighted by molar-refractivity contribution is 0.606. The highest BCUT2D eigenvalue weighted by molar-refractivity contribution is 6.31. The summed E-state index contributed by atoms with van der Waals surface area (Å²) in [5, 5.41) is 0.265. The lowest BCUT2D eigenvalue weighted by Crippen LogP contribution is -1.92. The van der Waals surface area contributed by atoms with Crippen molar-refractivity contribution in [1.82, 2.24) is 0 Å². The van der Waals surface area contributed by atoms with Gasteiger partial charge >= 0.3 is 0 Å². The van der Waals surface area contributed by atoms with Crippen molar-refractivity contribution in [3.63, 3.8) is 0 Å². The van der Waals surface area contributed by atoms with Crippen molar-refractivity contribution in [2.24, 2.45) is 0 Å². The van der Waals surface area contributed by atoms with Crippen molar-refractivity contribution in [3.8, 4) is 0 Å². The van der Waals surface area contributed by atoms with Gasteiger partial charge < -0.3 is 0 Å². The zero-order chi connectivity index (χ0) is 9.14. The fourth-order valence-electron chi connectivity index (χ4n) is 1.15. The molecule has 0 radical (unpaired) electrons. The Labute approximate surface area is 77.4 Å². The summed E-state index contributed by atoms with van der Waals surface area (Å²) in [6.07, 6.45) is 1.70. The predicted molar refractivity (Wildman–Crippen MR) is 50.1 cm³/mol.